The van der Waals surface area contributed by atoms with Crippen molar-refractivity contribution in [2.45, 2.75) is 25.6 Å². The van der Waals surface area contributed by atoms with Crippen LogP contribution in [-0.4, -0.2) is 35.3 Å². The van der Waals surface area contributed by atoms with Crippen molar-refractivity contribution in [3.63, 3.8) is 0 Å². The zero-order chi connectivity index (χ0) is 18.9. The van der Waals surface area contributed by atoms with E-state index in [-0.39, 0.29) is 6.54 Å². The molecule has 3 rings (SSSR count). The number of aromatic nitrogens is 2. The van der Waals surface area contributed by atoms with Crippen LogP contribution in [0.25, 0.3) is 0 Å². The molecule has 138 valence electrons. The summed E-state index contributed by atoms with van der Waals surface area (Å²) in [5, 5.41) is 3.40. The van der Waals surface area contributed by atoms with Gasteiger partial charge in [-0.1, -0.05) is 6.07 Å². The number of hydrogen-bond donors (Lipinski definition) is 0. The molecule has 0 atom stereocenters. The Labute approximate surface area is 147 Å². The molecule has 0 unspecified atom stereocenters. The summed E-state index contributed by atoms with van der Waals surface area (Å²) in [6.45, 7) is 0.0990. The SMILES string of the molecule is COC(=O)c1cccc2c1CCCN2C(=O)Cn1ccc(C(F)(F)F)n1. The second kappa shape index (κ2) is 6.81. The summed E-state index contributed by atoms with van der Waals surface area (Å²) in [7, 11) is 1.28. The van der Waals surface area contributed by atoms with E-state index in [2.05, 4.69) is 5.10 Å². The van der Waals surface area contributed by atoms with Crippen LogP contribution in [-0.2, 0) is 28.7 Å². The minimum Gasteiger partial charge on any atom is -0.465 e. The fourth-order valence-electron chi connectivity index (χ4n) is 3.01. The molecule has 9 heteroatoms. The summed E-state index contributed by atoms with van der Waals surface area (Å²) in [6.07, 6.45) is -2.18. The van der Waals surface area contributed by atoms with Gasteiger partial charge >= 0.3 is 12.1 Å². The van der Waals surface area contributed by atoms with Crippen molar-refractivity contribution in [2.75, 3.05) is 18.6 Å². The minimum atomic E-state index is -4.55. The van der Waals surface area contributed by atoms with E-state index in [0.717, 1.165) is 16.9 Å². The number of rotatable bonds is 3. The van der Waals surface area contributed by atoms with Crippen LogP contribution in [0.3, 0.4) is 0 Å². The molecule has 0 N–H and O–H groups in total. The highest BCUT2D eigenvalue weighted by Gasteiger charge is 2.34. The second-order valence-electron chi connectivity index (χ2n) is 5.84. The second-order valence-corrected chi connectivity index (χ2v) is 5.84. The number of ether oxygens (including phenoxy) is 1. The van der Waals surface area contributed by atoms with E-state index in [0.29, 0.717) is 36.2 Å². The quantitative estimate of drug-likeness (QED) is 0.783. The fourth-order valence-corrected chi connectivity index (χ4v) is 3.01. The van der Waals surface area contributed by atoms with Crippen LogP contribution in [0.1, 0.15) is 28.0 Å². The molecule has 6 nitrogen and oxygen atoms in total. The first kappa shape index (κ1) is 18.0. The molecule has 0 bridgehead atoms. The summed E-state index contributed by atoms with van der Waals surface area (Å²) in [5.41, 5.74) is 0.626. The van der Waals surface area contributed by atoms with E-state index in [9.17, 15) is 22.8 Å². The maximum Gasteiger partial charge on any atom is 0.435 e. The molecule has 1 aromatic heterocycles. The molecule has 0 fully saturated rings. The number of benzene rings is 1. The monoisotopic (exact) mass is 367 g/mol. The van der Waals surface area contributed by atoms with Crippen molar-refractivity contribution >= 4 is 17.6 Å². The first-order chi connectivity index (χ1) is 12.3. The van der Waals surface area contributed by atoms with Crippen LogP contribution in [0.2, 0.25) is 0 Å². The van der Waals surface area contributed by atoms with Crippen LogP contribution < -0.4 is 4.90 Å². The van der Waals surface area contributed by atoms with Gasteiger partial charge in [-0.25, -0.2) is 4.79 Å². The highest BCUT2D eigenvalue weighted by Crippen LogP contribution is 2.31. The van der Waals surface area contributed by atoms with Crippen LogP contribution in [0.15, 0.2) is 30.5 Å². The Bertz CT molecular complexity index is 845. The van der Waals surface area contributed by atoms with Gasteiger partial charge in [-0.05, 0) is 36.6 Å². The van der Waals surface area contributed by atoms with Gasteiger partial charge in [0.05, 0.1) is 12.7 Å². The van der Waals surface area contributed by atoms with Gasteiger partial charge in [-0.3, -0.25) is 9.48 Å². The maximum absolute atomic E-state index is 12.6. The maximum atomic E-state index is 12.6. The predicted octanol–water partition coefficient (Wildman–Crippen LogP) is 2.67. The predicted molar refractivity (Wildman–Crippen MR) is 85.7 cm³/mol. The number of halogens is 3. The molecule has 1 amide bonds. The summed E-state index contributed by atoms with van der Waals surface area (Å²) in [5.74, 6) is -0.886. The number of hydrogen-bond acceptors (Lipinski definition) is 4. The number of nitrogens with zero attached hydrogens (tertiary/aromatic N) is 3. The highest BCUT2D eigenvalue weighted by atomic mass is 19.4. The molecular formula is C17H16F3N3O3. The lowest BCUT2D eigenvalue weighted by Crippen LogP contribution is -2.38. The lowest BCUT2D eigenvalue weighted by atomic mass is 9.96. The average molecular weight is 367 g/mol. The lowest BCUT2D eigenvalue weighted by Gasteiger charge is -2.30. The molecular weight excluding hydrogens is 351 g/mol. The first-order valence-corrected chi connectivity index (χ1v) is 7.92. The van der Waals surface area contributed by atoms with Crippen LogP contribution in [0.5, 0.6) is 0 Å². The Hall–Kier alpha value is -2.84. The van der Waals surface area contributed by atoms with E-state index in [1.165, 1.54) is 12.0 Å². The van der Waals surface area contributed by atoms with Gasteiger partial charge in [0, 0.05) is 18.4 Å². The third kappa shape index (κ3) is 3.42. The van der Waals surface area contributed by atoms with Gasteiger partial charge in [0.2, 0.25) is 5.91 Å². The Kier molecular flexibility index (Phi) is 4.71. The number of alkyl halides is 3. The molecule has 0 saturated heterocycles. The highest BCUT2D eigenvalue weighted by molar-refractivity contribution is 5.98. The number of amides is 1. The fraction of sp³-hybridized carbons (Fsp3) is 0.353. The first-order valence-electron chi connectivity index (χ1n) is 7.92. The number of anilines is 1. The number of carbonyl (C=O) groups is 2. The Morgan fingerprint density at radius 3 is 2.69 bits per heavy atom. The molecule has 0 spiro atoms. The van der Waals surface area contributed by atoms with Crippen molar-refractivity contribution < 1.29 is 27.5 Å². The largest absolute Gasteiger partial charge is 0.465 e. The van der Waals surface area contributed by atoms with Crippen molar-refractivity contribution in [3.8, 4) is 0 Å². The number of carbonyl (C=O) groups excluding carboxylic acids is 2. The number of methoxy groups -OCH3 is 1. The van der Waals surface area contributed by atoms with Crippen molar-refractivity contribution in [1.82, 2.24) is 9.78 Å². The third-order valence-corrected chi connectivity index (χ3v) is 4.19. The van der Waals surface area contributed by atoms with Crippen molar-refractivity contribution in [2.24, 2.45) is 0 Å². The lowest BCUT2D eigenvalue weighted by molar-refractivity contribution is -0.141. The van der Waals surface area contributed by atoms with E-state index in [1.54, 1.807) is 18.2 Å². The summed E-state index contributed by atoms with van der Waals surface area (Å²) >= 11 is 0. The Morgan fingerprint density at radius 1 is 1.27 bits per heavy atom. The summed E-state index contributed by atoms with van der Waals surface area (Å²) in [4.78, 5) is 26.0. The molecule has 0 aliphatic carbocycles. The molecule has 26 heavy (non-hydrogen) atoms. The van der Waals surface area contributed by atoms with E-state index in [1.807, 2.05) is 0 Å². The summed E-state index contributed by atoms with van der Waals surface area (Å²) in [6, 6.07) is 5.81. The van der Waals surface area contributed by atoms with Gasteiger partial charge in [-0.15, -0.1) is 0 Å². The minimum absolute atomic E-state index is 0.321. The van der Waals surface area contributed by atoms with E-state index in [4.69, 9.17) is 4.74 Å². The standard InChI is InChI=1S/C17H16F3N3O3/c1-26-16(25)12-4-2-6-13-11(12)5-3-8-23(13)15(24)10-22-9-7-14(21-22)17(18,19)20/h2,4,6-7,9H,3,5,8,10H2,1H3. The smallest absolute Gasteiger partial charge is 0.435 e. The van der Waals surface area contributed by atoms with Crippen LogP contribution in [0, 0.1) is 0 Å². The Balaban J connectivity index is 1.84. The number of esters is 1. The average Bonchev–Trinajstić information content (AvgIpc) is 3.08. The van der Waals surface area contributed by atoms with Crippen molar-refractivity contribution in [1.29, 1.82) is 0 Å². The molecule has 2 heterocycles. The zero-order valence-electron chi connectivity index (χ0n) is 13.9. The molecule has 2 aromatic rings. The summed E-state index contributed by atoms with van der Waals surface area (Å²) < 4.78 is 43.6. The topological polar surface area (TPSA) is 64.4 Å². The van der Waals surface area contributed by atoms with Gasteiger partial charge in [0.1, 0.15) is 6.54 Å². The van der Waals surface area contributed by atoms with Gasteiger partial charge in [-0.2, -0.15) is 18.3 Å². The van der Waals surface area contributed by atoms with Gasteiger partial charge < -0.3 is 9.64 Å². The molecule has 0 radical (unpaired) electrons. The molecule has 1 aromatic carbocycles. The Morgan fingerprint density at radius 2 is 2.04 bits per heavy atom. The van der Waals surface area contributed by atoms with Crippen LogP contribution >= 0.6 is 0 Å². The van der Waals surface area contributed by atoms with E-state index >= 15 is 0 Å². The van der Waals surface area contributed by atoms with Gasteiger partial charge in [0.15, 0.2) is 5.69 Å². The van der Waals surface area contributed by atoms with E-state index < -0.39 is 23.7 Å². The van der Waals surface area contributed by atoms with Crippen molar-refractivity contribution in [3.05, 3.63) is 47.3 Å². The zero-order valence-corrected chi connectivity index (χ0v) is 13.9. The molecule has 1 aliphatic rings. The third-order valence-electron chi connectivity index (χ3n) is 4.19. The normalized spacial score (nSPS) is 14.1. The van der Waals surface area contributed by atoms with Crippen LogP contribution in [0.4, 0.5) is 18.9 Å². The molecule has 0 saturated carbocycles. The molecule has 1 aliphatic heterocycles. The van der Waals surface area contributed by atoms with Gasteiger partial charge in [0.25, 0.3) is 0 Å². The number of fused-ring (bicyclic) bond motifs is 1.